The summed E-state index contributed by atoms with van der Waals surface area (Å²) < 4.78 is 4.92. The lowest BCUT2D eigenvalue weighted by Gasteiger charge is -2.12. The zero-order valence-corrected chi connectivity index (χ0v) is 11.6. The highest BCUT2D eigenvalue weighted by Gasteiger charge is 2.58. The second-order valence-corrected chi connectivity index (χ2v) is 5.10. The molecule has 4 nitrogen and oxygen atoms in total. The molecule has 0 unspecified atom stereocenters. The summed E-state index contributed by atoms with van der Waals surface area (Å²) in [7, 11) is 0. The molecule has 1 aromatic rings. The molecule has 2 rings (SSSR count). The summed E-state index contributed by atoms with van der Waals surface area (Å²) in [6, 6.07) is 8.62. The van der Waals surface area contributed by atoms with Gasteiger partial charge in [0, 0.05) is 5.56 Å². The maximum atomic E-state index is 12.4. The Morgan fingerprint density at radius 3 is 2.35 bits per heavy atom. The van der Waals surface area contributed by atoms with Crippen molar-refractivity contribution in [2.75, 3.05) is 6.61 Å². The van der Waals surface area contributed by atoms with E-state index in [1.807, 2.05) is 6.92 Å². The van der Waals surface area contributed by atoms with E-state index in [1.165, 1.54) is 0 Å². The predicted molar refractivity (Wildman–Crippen MR) is 73.3 cm³/mol. The summed E-state index contributed by atoms with van der Waals surface area (Å²) in [5, 5.41) is 0. The van der Waals surface area contributed by atoms with Crippen LogP contribution in [0, 0.1) is 5.41 Å². The number of esters is 1. The quantitative estimate of drug-likeness (QED) is 0.252. The first-order valence-corrected chi connectivity index (χ1v) is 6.93. The Bertz CT molecular complexity index is 515. The van der Waals surface area contributed by atoms with E-state index in [2.05, 4.69) is 0 Å². The number of rotatable bonds is 7. The number of Topliss-reactive ketones (excluding diaryl/α,β-unsaturated/α-hetero) is 2. The molecule has 1 fully saturated rings. The number of ketones is 2. The number of hydrogen-bond acceptors (Lipinski definition) is 4. The molecule has 0 spiro atoms. The normalized spacial score (nSPS) is 15.4. The molecule has 0 aliphatic heterocycles. The number of benzene rings is 1. The predicted octanol–water partition coefficient (Wildman–Crippen LogP) is 2.56. The van der Waals surface area contributed by atoms with Crippen molar-refractivity contribution in [3.8, 4) is 0 Å². The van der Waals surface area contributed by atoms with Crippen LogP contribution >= 0.6 is 0 Å². The molecule has 1 saturated carbocycles. The number of hydrogen-bond donors (Lipinski definition) is 0. The highest BCUT2D eigenvalue weighted by atomic mass is 16.5. The molecule has 20 heavy (non-hydrogen) atoms. The lowest BCUT2D eigenvalue weighted by molar-refractivity contribution is -0.155. The molecule has 0 N–H and O–H groups in total. The largest absolute Gasteiger partial charge is 0.460 e. The number of ether oxygens (including phenoxy) is 1. The zero-order chi connectivity index (χ0) is 14.6. The van der Waals surface area contributed by atoms with Crippen LogP contribution in [0.4, 0.5) is 0 Å². The van der Waals surface area contributed by atoms with Crippen LogP contribution in [0.25, 0.3) is 0 Å². The fourth-order valence-electron chi connectivity index (χ4n) is 2.12. The van der Waals surface area contributed by atoms with Crippen molar-refractivity contribution in [2.24, 2.45) is 5.41 Å². The average molecular weight is 274 g/mol. The van der Waals surface area contributed by atoms with Gasteiger partial charge in [-0.15, -0.1) is 0 Å². The first-order chi connectivity index (χ1) is 9.62. The van der Waals surface area contributed by atoms with Gasteiger partial charge in [-0.2, -0.15) is 0 Å². The molecule has 1 aromatic carbocycles. The zero-order valence-electron chi connectivity index (χ0n) is 11.6. The molecule has 1 aliphatic rings. The van der Waals surface area contributed by atoms with Gasteiger partial charge in [-0.3, -0.25) is 9.59 Å². The lowest BCUT2D eigenvalue weighted by Crippen LogP contribution is -2.33. The third-order valence-electron chi connectivity index (χ3n) is 3.57. The summed E-state index contributed by atoms with van der Waals surface area (Å²) in [5.41, 5.74) is -0.690. The van der Waals surface area contributed by atoms with Gasteiger partial charge in [0.05, 0.1) is 6.61 Å². The van der Waals surface area contributed by atoms with E-state index >= 15 is 0 Å². The van der Waals surface area contributed by atoms with Crippen LogP contribution in [-0.2, 0) is 14.3 Å². The van der Waals surface area contributed by atoms with Gasteiger partial charge in [-0.05, 0) is 19.3 Å². The highest BCUT2D eigenvalue weighted by molar-refractivity contribution is 6.42. The van der Waals surface area contributed by atoms with Crippen LogP contribution < -0.4 is 0 Å². The van der Waals surface area contributed by atoms with Crippen molar-refractivity contribution in [3.05, 3.63) is 35.9 Å². The minimum atomic E-state index is -1.16. The van der Waals surface area contributed by atoms with E-state index in [4.69, 9.17) is 4.74 Å². The summed E-state index contributed by atoms with van der Waals surface area (Å²) >= 11 is 0. The van der Waals surface area contributed by atoms with Gasteiger partial charge < -0.3 is 4.74 Å². The molecule has 0 aromatic heterocycles. The smallest absolute Gasteiger partial charge is 0.375 e. The van der Waals surface area contributed by atoms with Crippen LogP contribution in [0.15, 0.2) is 30.3 Å². The van der Waals surface area contributed by atoms with Crippen molar-refractivity contribution in [2.45, 2.75) is 32.6 Å². The molecule has 0 atom stereocenters. The van der Waals surface area contributed by atoms with E-state index in [9.17, 15) is 14.4 Å². The van der Waals surface area contributed by atoms with E-state index in [1.54, 1.807) is 30.3 Å². The number of unbranched alkanes of at least 4 members (excludes halogenated alkanes) is 1. The average Bonchev–Trinajstić information content (AvgIpc) is 3.28. The van der Waals surface area contributed by atoms with Crippen molar-refractivity contribution < 1.29 is 19.1 Å². The second kappa shape index (κ2) is 5.99. The van der Waals surface area contributed by atoms with Crippen molar-refractivity contribution >= 4 is 17.5 Å². The summed E-state index contributed by atoms with van der Waals surface area (Å²) in [5.74, 6) is -1.83. The Labute approximate surface area is 118 Å². The van der Waals surface area contributed by atoms with Gasteiger partial charge in [0.1, 0.15) is 5.41 Å². The Morgan fingerprint density at radius 2 is 1.80 bits per heavy atom. The monoisotopic (exact) mass is 274 g/mol. The van der Waals surface area contributed by atoms with E-state index in [-0.39, 0.29) is 12.4 Å². The molecule has 0 saturated heterocycles. The fraction of sp³-hybridized carbons (Fsp3) is 0.438. The summed E-state index contributed by atoms with van der Waals surface area (Å²) in [6.07, 6.45) is 2.47. The Balaban J connectivity index is 2.05. The van der Waals surface area contributed by atoms with Crippen LogP contribution in [0.1, 0.15) is 43.0 Å². The van der Waals surface area contributed by atoms with Gasteiger partial charge in [-0.1, -0.05) is 43.7 Å². The topological polar surface area (TPSA) is 60.4 Å². The van der Waals surface area contributed by atoms with Gasteiger partial charge in [0.2, 0.25) is 0 Å². The van der Waals surface area contributed by atoms with Gasteiger partial charge >= 0.3 is 5.97 Å². The molecular weight excluding hydrogens is 256 g/mol. The van der Waals surface area contributed by atoms with Crippen LogP contribution in [0.2, 0.25) is 0 Å². The first-order valence-electron chi connectivity index (χ1n) is 6.93. The third kappa shape index (κ3) is 2.79. The molecule has 4 heteroatoms. The second-order valence-electron chi connectivity index (χ2n) is 5.10. The van der Waals surface area contributed by atoms with Crippen LogP contribution in [0.5, 0.6) is 0 Å². The van der Waals surface area contributed by atoms with Gasteiger partial charge in [0.25, 0.3) is 5.78 Å². The summed E-state index contributed by atoms with van der Waals surface area (Å²) in [4.78, 5) is 36.2. The Hall–Kier alpha value is -1.97. The maximum Gasteiger partial charge on any atom is 0.375 e. The molecule has 0 heterocycles. The molecule has 0 amide bonds. The maximum absolute atomic E-state index is 12.4. The molecule has 0 bridgehead atoms. The van der Waals surface area contributed by atoms with E-state index in [0.29, 0.717) is 18.4 Å². The van der Waals surface area contributed by atoms with Crippen molar-refractivity contribution in [1.82, 2.24) is 0 Å². The van der Waals surface area contributed by atoms with E-state index < -0.39 is 17.2 Å². The lowest BCUT2D eigenvalue weighted by atomic mass is 9.90. The minimum absolute atomic E-state index is 0.233. The molecule has 0 radical (unpaired) electrons. The van der Waals surface area contributed by atoms with Crippen LogP contribution in [0.3, 0.4) is 0 Å². The van der Waals surface area contributed by atoms with Crippen molar-refractivity contribution in [1.29, 1.82) is 0 Å². The molecule has 106 valence electrons. The highest BCUT2D eigenvalue weighted by Crippen LogP contribution is 2.49. The Morgan fingerprint density at radius 1 is 1.15 bits per heavy atom. The number of carbonyl (C=O) groups is 3. The first kappa shape index (κ1) is 14.4. The standard InChI is InChI=1S/C16H18O4/c1-2-3-11-20-15(19)14(18)16(9-10-16)13(17)12-7-5-4-6-8-12/h4-8H,2-3,9-11H2,1H3. The van der Waals surface area contributed by atoms with Crippen LogP contribution in [-0.4, -0.2) is 24.1 Å². The fourth-order valence-corrected chi connectivity index (χ4v) is 2.12. The number of carbonyl (C=O) groups excluding carboxylic acids is 3. The van der Waals surface area contributed by atoms with E-state index in [0.717, 1.165) is 12.8 Å². The van der Waals surface area contributed by atoms with Crippen molar-refractivity contribution in [3.63, 3.8) is 0 Å². The third-order valence-corrected chi connectivity index (χ3v) is 3.57. The molecular formula is C16H18O4. The SMILES string of the molecule is CCCCOC(=O)C(=O)C1(C(=O)c2ccccc2)CC1. The summed E-state index contributed by atoms with van der Waals surface area (Å²) in [6.45, 7) is 2.20. The van der Waals surface area contributed by atoms with Gasteiger partial charge in [-0.25, -0.2) is 4.79 Å². The minimum Gasteiger partial charge on any atom is -0.460 e. The Kier molecular flexibility index (Phi) is 4.32. The molecule has 1 aliphatic carbocycles. The van der Waals surface area contributed by atoms with Gasteiger partial charge in [0.15, 0.2) is 5.78 Å².